The Kier molecular flexibility index (Phi) is 5.36. The standard InChI is InChI=1S/C14H26N4O/c1-12-13(11-16-17(12)2)10-15-6-3-7-18-8-4-14(19)5-9-18/h11,14-15,19H,3-10H2,1-2H3. The number of hydrogen-bond acceptors (Lipinski definition) is 4. The van der Waals surface area contributed by atoms with Gasteiger partial charge in [-0.3, -0.25) is 4.68 Å². The molecule has 5 nitrogen and oxygen atoms in total. The van der Waals surface area contributed by atoms with Crippen LogP contribution in [0.1, 0.15) is 30.5 Å². The van der Waals surface area contributed by atoms with E-state index in [1.54, 1.807) is 0 Å². The van der Waals surface area contributed by atoms with Gasteiger partial charge >= 0.3 is 0 Å². The van der Waals surface area contributed by atoms with Gasteiger partial charge in [-0.2, -0.15) is 5.10 Å². The second kappa shape index (κ2) is 7.03. The van der Waals surface area contributed by atoms with Crippen LogP contribution in [0.5, 0.6) is 0 Å². The maximum absolute atomic E-state index is 9.44. The van der Waals surface area contributed by atoms with Crippen LogP contribution in [0.25, 0.3) is 0 Å². The largest absolute Gasteiger partial charge is 0.393 e. The number of nitrogens with zero attached hydrogens (tertiary/aromatic N) is 3. The molecule has 1 saturated heterocycles. The lowest BCUT2D eigenvalue weighted by atomic mass is 10.1. The SMILES string of the molecule is Cc1c(CNCCCN2CCC(O)CC2)cnn1C. The Morgan fingerprint density at radius 3 is 2.79 bits per heavy atom. The molecule has 0 radical (unpaired) electrons. The molecule has 0 aliphatic carbocycles. The van der Waals surface area contributed by atoms with Gasteiger partial charge in [0.2, 0.25) is 0 Å². The average Bonchev–Trinajstić information content (AvgIpc) is 2.72. The zero-order valence-corrected chi connectivity index (χ0v) is 12.1. The predicted molar refractivity (Wildman–Crippen MR) is 75.9 cm³/mol. The van der Waals surface area contributed by atoms with Crippen LogP contribution in [0.15, 0.2) is 6.20 Å². The molecule has 1 aliphatic rings. The van der Waals surface area contributed by atoms with Crippen LogP contribution in [0.3, 0.4) is 0 Å². The van der Waals surface area contributed by atoms with Crippen LogP contribution in [-0.2, 0) is 13.6 Å². The predicted octanol–water partition coefficient (Wildman–Crippen LogP) is 0.665. The van der Waals surface area contributed by atoms with Crippen molar-refractivity contribution in [2.24, 2.45) is 7.05 Å². The molecular formula is C14H26N4O. The summed E-state index contributed by atoms with van der Waals surface area (Å²) in [6.45, 7) is 7.26. The van der Waals surface area contributed by atoms with Crippen LogP contribution in [0.4, 0.5) is 0 Å². The topological polar surface area (TPSA) is 53.3 Å². The van der Waals surface area contributed by atoms with E-state index in [0.29, 0.717) is 0 Å². The fourth-order valence-corrected chi connectivity index (χ4v) is 2.51. The second-order valence-corrected chi connectivity index (χ2v) is 5.48. The summed E-state index contributed by atoms with van der Waals surface area (Å²) in [7, 11) is 1.98. The smallest absolute Gasteiger partial charge is 0.0564 e. The number of piperidine rings is 1. The third-order valence-electron chi connectivity index (χ3n) is 4.04. The lowest BCUT2D eigenvalue weighted by Gasteiger charge is -2.29. The van der Waals surface area contributed by atoms with Crippen LogP contribution < -0.4 is 5.32 Å². The fourth-order valence-electron chi connectivity index (χ4n) is 2.51. The molecule has 2 heterocycles. The molecule has 1 aliphatic heterocycles. The third kappa shape index (κ3) is 4.30. The Labute approximate surface area is 115 Å². The van der Waals surface area contributed by atoms with E-state index in [1.165, 1.54) is 11.3 Å². The molecule has 1 fully saturated rings. The maximum atomic E-state index is 9.44. The summed E-state index contributed by atoms with van der Waals surface area (Å²) in [4.78, 5) is 2.45. The van der Waals surface area contributed by atoms with Gasteiger partial charge < -0.3 is 15.3 Å². The van der Waals surface area contributed by atoms with E-state index >= 15 is 0 Å². The van der Waals surface area contributed by atoms with E-state index in [2.05, 4.69) is 22.2 Å². The van der Waals surface area contributed by atoms with E-state index in [4.69, 9.17) is 0 Å². The van der Waals surface area contributed by atoms with Crippen molar-refractivity contribution in [1.82, 2.24) is 20.0 Å². The molecule has 2 N–H and O–H groups in total. The molecule has 0 bridgehead atoms. The van der Waals surface area contributed by atoms with Crippen molar-refractivity contribution in [1.29, 1.82) is 0 Å². The Balaban J connectivity index is 1.56. The van der Waals surface area contributed by atoms with E-state index in [0.717, 1.165) is 52.0 Å². The molecule has 19 heavy (non-hydrogen) atoms. The molecule has 108 valence electrons. The number of hydrogen-bond donors (Lipinski definition) is 2. The molecule has 0 atom stereocenters. The Morgan fingerprint density at radius 1 is 1.42 bits per heavy atom. The molecule has 1 aromatic rings. The van der Waals surface area contributed by atoms with Crippen molar-refractivity contribution < 1.29 is 5.11 Å². The molecular weight excluding hydrogens is 240 g/mol. The summed E-state index contributed by atoms with van der Waals surface area (Å²) in [5, 5.41) is 17.2. The van der Waals surface area contributed by atoms with Crippen LogP contribution in [0.2, 0.25) is 0 Å². The zero-order chi connectivity index (χ0) is 13.7. The highest BCUT2D eigenvalue weighted by atomic mass is 16.3. The zero-order valence-electron chi connectivity index (χ0n) is 12.1. The number of likely N-dealkylation sites (tertiary alicyclic amines) is 1. The summed E-state index contributed by atoms with van der Waals surface area (Å²) in [5.41, 5.74) is 2.51. The Hall–Kier alpha value is -0.910. The highest BCUT2D eigenvalue weighted by Crippen LogP contribution is 2.09. The quantitative estimate of drug-likeness (QED) is 0.743. The minimum atomic E-state index is -0.0667. The van der Waals surface area contributed by atoms with Gasteiger partial charge in [-0.1, -0.05) is 0 Å². The normalized spacial score (nSPS) is 18.1. The molecule has 0 amide bonds. The molecule has 0 aromatic carbocycles. The van der Waals surface area contributed by atoms with Crippen molar-refractivity contribution in [3.63, 3.8) is 0 Å². The first-order valence-corrected chi connectivity index (χ1v) is 7.25. The first-order chi connectivity index (χ1) is 9.16. The lowest BCUT2D eigenvalue weighted by molar-refractivity contribution is 0.0821. The van der Waals surface area contributed by atoms with E-state index in [-0.39, 0.29) is 6.10 Å². The first kappa shape index (κ1) is 14.5. The van der Waals surface area contributed by atoms with Crippen molar-refractivity contribution >= 4 is 0 Å². The molecule has 0 spiro atoms. The van der Waals surface area contributed by atoms with Gasteiger partial charge in [0.1, 0.15) is 0 Å². The van der Waals surface area contributed by atoms with Gasteiger partial charge in [0.05, 0.1) is 12.3 Å². The summed E-state index contributed by atoms with van der Waals surface area (Å²) >= 11 is 0. The maximum Gasteiger partial charge on any atom is 0.0564 e. The minimum Gasteiger partial charge on any atom is -0.393 e. The van der Waals surface area contributed by atoms with E-state index in [1.807, 2.05) is 17.9 Å². The summed E-state index contributed by atoms with van der Waals surface area (Å²) in [6, 6.07) is 0. The molecule has 5 heteroatoms. The summed E-state index contributed by atoms with van der Waals surface area (Å²) in [5.74, 6) is 0. The first-order valence-electron chi connectivity index (χ1n) is 7.25. The van der Waals surface area contributed by atoms with Gasteiger partial charge in [-0.05, 0) is 39.3 Å². The molecule has 1 aromatic heterocycles. The van der Waals surface area contributed by atoms with Gasteiger partial charge in [-0.25, -0.2) is 0 Å². The van der Waals surface area contributed by atoms with Gasteiger partial charge in [0.15, 0.2) is 0 Å². The summed E-state index contributed by atoms with van der Waals surface area (Å²) in [6.07, 6.45) is 4.90. The van der Waals surface area contributed by atoms with E-state index in [9.17, 15) is 5.11 Å². The van der Waals surface area contributed by atoms with Crippen molar-refractivity contribution in [3.05, 3.63) is 17.5 Å². The lowest BCUT2D eigenvalue weighted by Crippen LogP contribution is -2.37. The number of nitrogens with one attached hydrogen (secondary N) is 1. The Morgan fingerprint density at radius 2 is 2.16 bits per heavy atom. The third-order valence-corrected chi connectivity index (χ3v) is 4.04. The molecule has 0 unspecified atom stereocenters. The Bertz CT molecular complexity index is 383. The van der Waals surface area contributed by atoms with E-state index < -0.39 is 0 Å². The number of aromatic nitrogens is 2. The van der Waals surface area contributed by atoms with Crippen LogP contribution >= 0.6 is 0 Å². The van der Waals surface area contributed by atoms with Crippen molar-refractivity contribution in [3.8, 4) is 0 Å². The molecule has 0 saturated carbocycles. The van der Waals surface area contributed by atoms with Gasteiger partial charge in [0.25, 0.3) is 0 Å². The van der Waals surface area contributed by atoms with Crippen molar-refractivity contribution in [2.75, 3.05) is 26.2 Å². The molecule has 2 rings (SSSR count). The second-order valence-electron chi connectivity index (χ2n) is 5.48. The fraction of sp³-hybridized carbons (Fsp3) is 0.786. The number of aryl methyl sites for hydroxylation is 1. The van der Waals surface area contributed by atoms with Crippen LogP contribution in [0, 0.1) is 6.92 Å². The highest BCUT2D eigenvalue weighted by molar-refractivity contribution is 5.15. The summed E-state index contributed by atoms with van der Waals surface area (Å²) < 4.78 is 1.91. The van der Waals surface area contributed by atoms with Crippen molar-refractivity contribution in [2.45, 2.75) is 38.8 Å². The number of rotatable bonds is 6. The van der Waals surface area contributed by atoms with Crippen LogP contribution in [-0.4, -0.2) is 52.1 Å². The highest BCUT2D eigenvalue weighted by Gasteiger charge is 2.15. The van der Waals surface area contributed by atoms with Gasteiger partial charge in [-0.15, -0.1) is 0 Å². The minimum absolute atomic E-state index is 0.0667. The monoisotopic (exact) mass is 266 g/mol. The average molecular weight is 266 g/mol. The number of aliphatic hydroxyl groups excluding tert-OH is 1. The number of aliphatic hydroxyl groups is 1. The van der Waals surface area contributed by atoms with Gasteiger partial charge in [0, 0.05) is 37.9 Å².